The van der Waals surface area contributed by atoms with Crippen LogP contribution in [0.1, 0.15) is 20.0 Å². The molecular weight excluding hydrogens is 128 g/mol. The summed E-state index contributed by atoms with van der Waals surface area (Å²) in [4.78, 5) is 13.1. The van der Waals surface area contributed by atoms with Crippen LogP contribution in [0.5, 0.6) is 0 Å². The van der Waals surface area contributed by atoms with E-state index in [2.05, 4.69) is 4.98 Å². The molecule has 0 aromatic carbocycles. The topological polar surface area (TPSA) is 58.9 Å². The van der Waals surface area contributed by atoms with Crippen molar-refractivity contribution in [1.82, 2.24) is 4.98 Å². The van der Waals surface area contributed by atoms with Crippen molar-refractivity contribution in [3.05, 3.63) is 34.2 Å². The van der Waals surface area contributed by atoms with Crippen molar-refractivity contribution >= 4 is 0 Å². The van der Waals surface area contributed by atoms with E-state index in [1.807, 2.05) is 6.92 Å². The molecular formula is C7H12N2O. The van der Waals surface area contributed by atoms with Crippen LogP contribution >= 0.6 is 0 Å². The summed E-state index contributed by atoms with van der Waals surface area (Å²) >= 11 is 0. The number of aromatic amines is 1. The first-order valence-corrected chi connectivity index (χ1v) is 3.14. The summed E-state index contributed by atoms with van der Waals surface area (Å²) in [6, 6.07) is 3.18. The lowest BCUT2D eigenvalue weighted by atomic mass is 10.2. The molecule has 0 saturated carbocycles. The summed E-state index contributed by atoms with van der Waals surface area (Å²) in [7, 11) is 0. The second-order valence-electron chi connectivity index (χ2n) is 2.27. The van der Waals surface area contributed by atoms with Gasteiger partial charge in [0.1, 0.15) is 0 Å². The third kappa shape index (κ3) is 1.45. The molecule has 0 spiro atoms. The van der Waals surface area contributed by atoms with E-state index in [4.69, 9.17) is 5.73 Å². The molecule has 1 aromatic heterocycles. The average molecular weight is 140 g/mol. The van der Waals surface area contributed by atoms with Crippen molar-refractivity contribution in [2.45, 2.75) is 13.0 Å². The molecule has 1 atom stereocenters. The summed E-state index contributed by atoms with van der Waals surface area (Å²) in [6.45, 7) is 1.87. The van der Waals surface area contributed by atoms with E-state index in [0.717, 1.165) is 5.56 Å². The molecule has 0 saturated heterocycles. The van der Waals surface area contributed by atoms with E-state index in [1.165, 1.54) is 6.07 Å². The van der Waals surface area contributed by atoms with Crippen molar-refractivity contribution in [2.75, 3.05) is 0 Å². The molecule has 0 radical (unpaired) electrons. The molecule has 1 heterocycles. The van der Waals surface area contributed by atoms with Crippen molar-refractivity contribution in [2.24, 2.45) is 5.73 Å². The molecule has 0 aliphatic heterocycles. The maximum absolute atomic E-state index is 10.5. The lowest BCUT2D eigenvalue weighted by Gasteiger charge is -2.01. The fraction of sp³-hybridized carbons (Fsp3) is 0.286. The quantitative estimate of drug-likeness (QED) is 0.601. The first kappa shape index (κ1) is 7.02. The second-order valence-corrected chi connectivity index (χ2v) is 2.27. The Hall–Kier alpha value is -1.09. The third-order valence-electron chi connectivity index (χ3n) is 1.33. The number of nitrogens with two attached hydrogens (primary N) is 1. The molecule has 3 nitrogen and oxygen atoms in total. The van der Waals surface area contributed by atoms with Gasteiger partial charge in [0.2, 0.25) is 5.56 Å². The highest BCUT2D eigenvalue weighted by molar-refractivity contribution is 5.11. The lowest BCUT2D eigenvalue weighted by molar-refractivity contribution is 0.810. The van der Waals surface area contributed by atoms with E-state index in [-0.39, 0.29) is 13.0 Å². The first-order valence-electron chi connectivity index (χ1n) is 3.14. The van der Waals surface area contributed by atoms with Gasteiger partial charge in [-0.15, -0.1) is 0 Å². The van der Waals surface area contributed by atoms with Gasteiger partial charge < -0.3 is 10.7 Å². The van der Waals surface area contributed by atoms with Crippen LogP contribution in [0.15, 0.2) is 23.1 Å². The minimum absolute atomic E-state index is 0. The molecule has 0 aliphatic rings. The normalized spacial score (nSPS) is 13.0. The second kappa shape index (κ2) is 2.66. The van der Waals surface area contributed by atoms with E-state index >= 15 is 0 Å². The molecule has 0 amide bonds. The Morgan fingerprint density at radius 2 is 2.40 bits per heavy atom. The predicted octanol–water partition coefficient (Wildman–Crippen LogP) is 0.641. The van der Waals surface area contributed by atoms with Crippen LogP contribution in [0.4, 0.5) is 0 Å². The fourth-order valence-electron chi connectivity index (χ4n) is 0.706. The predicted molar refractivity (Wildman–Crippen MR) is 41.8 cm³/mol. The molecule has 0 fully saturated rings. The van der Waals surface area contributed by atoms with Gasteiger partial charge in [0.15, 0.2) is 0 Å². The van der Waals surface area contributed by atoms with Crippen LogP contribution in [0, 0.1) is 0 Å². The highest BCUT2D eigenvalue weighted by Crippen LogP contribution is 2.03. The van der Waals surface area contributed by atoms with Gasteiger partial charge in [0.25, 0.3) is 0 Å². The summed E-state index contributed by atoms with van der Waals surface area (Å²) in [5, 5.41) is 0. The number of pyridine rings is 1. The molecule has 0 bridgehead atoms. The molecule has 1 aromatic rings. The Balaban J connectivity index is 0.000001000. The van der Waals surface area contributed by atoms with Crippen molar-refractivity contribution < 1.29 is 1.43 Å². The minimum atomic E-state index is -0.0931. The van der Waals surface area contributed by atoms with Gasteiger partial charge in [-0.05, 0) is 12.5 Å². The van der Waals surface area contributed by atoms with E-state index in [0.29, 0.717) is 0 Å². The van der Waals surface area contributed by atoms with E-state index in [1.54, 1.807) is 12.3 Å². The van der Waals surface area contributed by atoms with Gasteiger partial charge in [-0.3, -0.25) is 4.79 Å². The number of rotatable bonds is 1. The Labute approximate surface area is 60.4 Å². The maximum atomic E-state index is 10.5. The largest absolute Gasteiger partial charge is 0.329 e. The van der Waals surface area contributed by atoms with Gasteiger partial charge >= 0.3 is 0 Å². The van der Waals surface area contributed by atoms with Crippen LogP contribution in [0.2, 0.25) is 0 Å². The summed E-state index contributed by atoms with van der Waals surface area (Å²) < 4.78 is 0. The van der Waals surface area contributed by atoms with Crippen molar-refractivity contribution in [1.29, 1.82) is 0 Å². The Morgan fingerprint density at radius 1 is 1.70 bits per heavy atom. The Morgan fingerprint density at radius 3 is 2.80 bits per heavy atom. The zero-order valence-electron chi connectivity index (χ0n) is 5.79. The molecule has 0 unspecified atom stereocenters. The summed E-state index contributed by atoms with van der Waals surface area (Å²) in [5.74, 6) is 0. The van der Waals surface area contributed by atoms with Crippen LogP contribution in [0.3, 0.4) is 0 Å². The fourth-order valence-corrected chi connectivity index (χ4v) is 0.706. The van der Waals surface area contributed by atoms with Gasteiger partial charge in [-0.1, -0.05) is 6.07 Å². The molecule has 3 heteroatoms. The minimum Gasteiger partial charge on any atom is -0.329 e. The van der Waals surface area contributed by atoms with Crippen LogP contribution < -0.4 is 11.3 Å². The monoisotopic (exact) mass is 140 g/mol. The van der Waals surface area contributed by atoms with Crippen molar-refractivity contribution in [3.63, 3.8) is 0 Å². The highest BCUT2D eigenvalue weighted by Gasteiger charge is 1.95. The first-order chi connectivity index (χ1) is 4.70. The van der Waals surface area contributed by atoms with Gasteiger partial charge in [-0.2, -0.15) is 0 Å². The number of hydrogen-bond donors (Lipinski definition) is 2. The number of nitrogens with one attached hydrogen (secondary N) is 1. The van der Waals surface area contributed by atoms with Crippen molar-refractivity contribution in [3.8, 4) is 0 Å². The van der Waals surface area contributed by atoms with E-state index < -0.39 is 0 Å². The zero-order chi connectivity index (χ0) is 7.56. The van der Waals surface area contributed by atoms with Gasteiger partial charge in [0, 0.05) is 19.7 Å². The number of aromatic nitrogens is 1. The maximum Gasteiger partial charge on any atom is 0.247 e. The zero-order valence-corrected chi connectivity index (χ0v) is 5.79. The molecule has 56 valence electrons. The summed E-state index contributed by atoms with van der Waals surface area (Å²) in [5.41, 5.74) is 6.39. The number of H-pyrrole nitrogens is 1. The highest BCUT2D eigenvalue weighted by atomic mass is 16.1. The van der Waals surface area contributed by atoms with Gasteiger partial charge in [0.05, 0.1) is 0 Å². The van der Waals surface area contributed by atoms with Crippen LogP contribution in [-0.2, 0) is 0 Å². The molecule has 0 aliphatic carbocycles. The van der Waals surface area contributed by atoms with Gasteiger partial charge in [-0.25, -0.2) is 0 Å². The molecule has 3 N–H and O–H groups in total. The third-order valence-corrected chi connectivity index (χ3v) is 1.33. The average Bonchev–Trinajstić information content (AvgIpc) is 1.88. The van der Waals surface area contributed by atoms with E-state index in [9.17, 15) is 4.79 Å². The van der Waals surface area contributed by atoms with Crippen LogP contribution in [0.25, 0.3) is 0 Å². The SMILES string of the molecule is C[C@H](N)c1ccc(=O)[nH]c1.[HH]. The Kier molecular flexibility index (Phi) is 1.87. The van der Waals surface area contributed by atoms with Crippen LogP contribution in [-0.4, -0.2) is 4.98 Å². The molecule has 10 heavy (non-hydrogen) atoms. The summed E-state index contributed by atoms with van der Waals surface area (Å²) in [6.07, 6.45) is 1.63. The molecule has 1 rings (SSSR count). The smallest absolute Gasteiger partial charge is 0.247 e. The Bertz CT molecular complexity index is 249. The standard InChI is InChI=1S/C7H10N2O.H2/c1-5(8)6-2-3-7(10)9-4-6;/h2-5H,8H2,1H3,(H,9,10);1H/t5-;/m0./s1. The lowest BCUT2D eigenvalue weighted by Crippen LogP contribution is -2.09. The number of hydrogen-bond acceptors (Lipinski definition) is 2.